The fourth-order valence-corrected chi connectivity index (χ4v) is 4.78. The van der Waals surface area contributed by atoms with Crippen LogP contribution in [-0.4, -0.2) is 22.3 Å². The van der Waals surface area contributed by atoms with Gasteiger partial charge in [0.25, 0.3) is 11.6 Å². The largest absolute Gasteiger partial charge is 0.493 e. The lowest BCUT2D eigenvalue weighted by Crippen LogP contribution is -2.27. The highest BCUT2D eigenvalue weighted by molar-refractivity contribution is 8.27. The fourth-order valence-electron chi connectivity index (χ4n) is 3.48. The second-order valence-corrected chi connectivity index (χ2v) is 9.37. The number of non-ortho nitro benzene ring substituents is 1. The summed E-state index contributed by atoms with van der Waals surface area (Å²) in [6, 6.07) is 15.4. The van der Waals surface area contributed by atoms with Crippen molar-refractivity contribution in [2.24, 2.45) is 0 Å². The number of amides is 1. The van der Waals surface area contributed by atoms with E-state index in [1.54, 1.807) is 36.4 Å². The smallest absolute Gasteiger partial charge is 0.416 e. The van der Waals surface area contributed by atoms with Crippen molar-refractivity contribution in [3.8, 4) is 11.5 Å². The summed E-state index contributed by atoms with van der Waals surface area (Å²) in [5.74, 6) is 0.189. The van der Waals surface area contributed by atoms with Crippen LogP contribution in [0, 0.1) is 10.1 Å². The molecule has 1 aliphatic rings. The van der Waals surface area contributed by atoms with E-state index in [-0.39, 0.29) is 27.2 Å². The van der Waals surface area contributed by atoms with E-state index in [0.29, 0.717) is 22.6 Å². The van der Waals surface area contributed by atoms with Crippen LogP contribution >= 0.6 is 24.0 Å². The summed E-state index contributed by atoms with van der Waals surface area (Å²) in [6.45, 7) is 0.0625. The Balaban J connectivity index is 1.53. The molecule has 0 saturated carbocycles. The van der Waals surface area contributed by atoms with Crippen molar-refractivity contribution in [3.63, 3.8) is 0 Å². The van der Waals surface area contributed by atoms with Crippen molar-refractivity contribution in [2.45, 2.75) is 12.8 Å². The molecule has 37 heavy (non-hydrogen) atoms. The van der Waals surface area contributed by atoms with Gasteiger partial charge in [0.1, 0.15) is 6.61 Å². The third-order valence-electron chi connectivity index (χ3n) is 5.23. The van der Waals surface area contributed by atoms with E-state index in [9.17, 15) is 28.1 Å². The maximum absolute atomic E-state index is 13.1. The van der Waals surface area contributed by atoms with Crippen molar-refractivity contribution in [1.29, 1.82) is 0 Å². The molecule has 1 aliphatic heterocycles. The number of ether oxygens (including phenoxy) is 2. The monoisotopic (exact) mass is 546 g/mol. The third-order valence-corrected chi connectivity index (χ3v) is 6.53. The number of carbonyl (C=O) groups excluding carboxylic acids is 1. The van der Waals surface area contributed by atoms with Crippen LogP contribution in [0.5, 0.6) is 11.5 Å². The van der Waals surface area contributed by atoms with Crippen molar-refractivity contribution in [1.82, 2.24) is 0 Å². The van der Waals surface area contributed by atoms with Gasteiger partial charge in [-0.25, -0.2) is 0 Å². The molecule has 4 rings (SSSR count). The molecule has 0 unspecified atom stereocenters. The predicted molar refractivity (Wildman–Crippen MR) is 138 cm³/mol. The molecule has 0 aliphatic carbocycles. The number of hydrogen-bond donors (Lipinski definition) is 0. The molecular weight excluding hydrogens is 529 g/mol. The minimum atomic E-state index is -4.55. The first-order valence-corrected chi connectivity index (χ1v) is 11.8. The molecular formula is C25H17F3N2O5S2. The van der Waals surface area contributed by atoms with Crippen molar-refractivity contribution < 1.29 is 32.4 Å². The lowest BCUT2D eigenvalue weighted by atomic mass is 10.1. The Labute approximate surface area is 218 Å². The van der Waals surface area contributed by atoms with E-state index in [1.165, 1.54) is 31.4 Å². The van der Waals surface area contributed by atoms with Gasteiger partial charge in [0.05, 0.1) is 28.2 Å². The molecule has 0 atom stereocenters. The number of nitro groups is 1. The van der Waals surface area contributed by atoms with Gasteiger partial charge in [-0.05, 0) is 47.5 Å². The van der Waals surface area contributed by atoms with E-state index >= 15 is 0 Å². The summed E-state index contributed by atoms with van der Waals surface area (Å²) in [5, 5.41) is 11.0. The summed E-state index contributed by atoms with van der Waals surface area (Å²) in [7, 11) is 1.44. The number of carbonyl (C=O) groups is 1. The maximum Gasteiger partial charge on any atom is 0.416 e. The highest BCUT2D eigenvalue weighted by Crippen LogP contribution is 2.39. The molecule has 0 spiro atoms. The van der Waals surface area contributed by atoms with Crippen LogP contribution in [0.3, 0.4) is 0 Å². The average Bonchev–Trinajstić information content (AvgIpc) is 3.15. The number of alkyl halides is 3. The van der Waals surface area contributed by atoms with Gasteiger partial charge in [0.2, 0.25) is 0 Å². The number of rotatable bonds is 7. The zero-order chi connectivity index (χ0) is 26.7. The molecule has 1 heterocycles. The molecule has 3 aromatic rings. The highest BCUT2D eigenvalue weighted by atomic mass is 32.2. The quantitative estimate of drug-likeness (QED) is 0.143. The Kier molecular flexibility index (Phi) is 7.50. The Bertz CT molecular complexity index is 1430. The van der Waals surface area contributed by atoms with E-state index in [4.69, 9.17) is 21.7 Å². The third kappa shape index (κ3) is 5.92. The number of nitrogens with zero attached hydrogens (tertiary/aromatic N) is 2. The fraction of sp³-hybridized carbons (Fsp3) is 0.120. The Morgan fingerprint density at radius 1 is 1.08 bits per heavy atom. The van der Waals surface area contributed by atoms with Gasteiger partial charge >= 0.3 is 6.18 Å². The van der Waals surface area contributed by atoms with Crippen LogP contribution < -0.4 is 14.4 Å². The van der Waals surface area contributed by atoms with Gasteiger partial charge in [-0.3, -0.25) is 19.8 Å². The number of nitro benzene ring substituents is 1. The number of anilines is 1. The Hall–Kier alpha value is -3.90. The summed E-state index contributed by atoms with van der Waals surface area (Å²) >= 11 is 6.24. The topological polar surface area (TPSA) is 81.9 Å². The van der Waals surface area contributed by atoms with E-state index in [1.807, 2.05) is 0 Å². The summed E-state index contributed by atoms with van der Waals surface area (Å²) in [4.78, 5) is 24.8. The molecule has 7 nitrogen and oxygen atoms in total. The lowest BCUT2D eigenvalue weighted by molar-refractivity contribution is -0.384. The zero-order valence-electron chi connectivity index (χ0n) is 19.0. The minimum absolute atomic E-state index is 0.0307. The van der Waals surface area contributed by atoms with Crippen molar-refractivity contribution in [2.75, 3.05) is 12.0 Å². The molecule has 0 bridgehead atoms. The van der Waals surface area contributed by atoms with Gasteiger partial charge in [0, 0.05) is 12.1 Å². The Morgan fingerprint density at radius 3 is 2.54 bits per heavy atom. The number of thioether (sulfide) groups is 1. The van der Waals surface area contributed by atoms with Crippen molar-refractivity contribution in [3.05, 3.63) is 98.4 Å². The molecule has 12 heteroatoms. The van der Waals surface area contributed by atoms with Gasteiger partial charge in [-0.1, -0.05) is 48.2 Å². The van der Waals surface area contributed by atoms with Gasteiger partial charge in [-0.15, -0.1) is 0 Å². The molecule has 1 fully saturated rings. The van der Waals surface area contributed by atoms with E-state index in [0.717, 1.165) is 28.8 Å². The molecule has 3 aromatic carbocycles. The number of benzene rings is 3. The molecule has 190 valence electrons. The first-order valence-electron chi connectivity index (χ1n) is 10.6. The minimum Gasteiger partial charge on any atom is -0.493 e. The number of hydrogen-bond acceptors (Lipinski definition) is 7. The number of halogens is 3. The predicted octanol–water partition coefficient (Wildman–Crippen LogP) is 6.61. The van der Waals surface area contributed by atoms with Crippen LogP contribution in [0.1, 0.15) is 16.7 Å². The van der Waals surface area contributed by atoms with Gasteiger partial charge in [-0.2, -0.15) is 13.2 Å². The molecule has 0 aromatic heterocycles. The van der Waals surface area contributed by atoms with E-state index < -0.39 is 22.6 Å². The van der Waals surface area contributed by atoms with Crippen molar-refractivity contribution >= 4 is 51.7 Å². The zero-order valence-corrected chi connectivity index (χ0v) is 20.7. The number of thiocarbonyl (C=S) groups is 1. The van der Waals surface area contributed by atoms with E-state index in [2.05, 4.69) is 0 Å². The highest BCUT2D eigenvalue weighted by Gasteiger charge is 2.36. The standard InChI is InChI=1S/C25H17F3N2O5S2/c1-34-21-11-15(8-9-20(21)35-14-16-4-2-7-19(10-16)30(32)33)12-22-23(31)29(24(36)37-22)18-6-3-5-17(13-18)25(26,27)28/h2-13H,14H2,1H3/b22-12+. The second-order valence-electron chi connectivity index (χ2n) is 7.69. The lowest BCUT2D eigenvalue weighted by Gasteiger charge is -2.16. The molecule has 0 N–H and O–H groups in total. The van der Waals surface area contributed by atoms with Gasteiger partial charge in [0.15, 0.2) is 15.8 Å². The first kappa shape index (κ1) is 26.2. The molecule has 0 radical (unpaired) electrons. The van der Waals surface area contributed by atoms with Gasteiger partial charge < -0.3 is 9.47 Å². The van der Waals surface area contributed by atoms with Crippen LogP contribution in [-0.2, 0) is 17.6 Å². The maximum atomic E-state index is 13.1. The summed E-state index contributed by atoms with van der Waals surface area (Å²) < 4.78 is 50.6. The SMILES string of the molecule is COc1cc(/C=C2/SC(=S)N(c3cccc(C(F)(F)F)c3)C2=O)ccc1OCc1cccc([N+](=O)[O-])c1. The second kappa shape index (κ2) is 10.6. The first-order chi connectivity index (χ1) is 17.6. The summed E-state index contributed by atoms with van der Waals surface area (Å²) in [5.41, 5.74) is 0.269. The Morgan fingerprint density at radius 2 is 1.84 bits per heavy atom. The van der Waals surface area contributed by atoms with Crippen LogP contribution in [0.2, 0.25) is 0 Å². The normalized spacial score (nSPS) is 14.8. The molecule has 1 saturated heterocycles. The van der Waals surface area contributed by atoms with Crippen LogP contribution in [0.4, 0.5) is 24.5 Å². The van der Waals surface area contributed by atoms with Crippen LogP contribution in [0.15, 0.2) is 71.6 Å². The summed E-state index contributed by atoms with van der Waals surface area (Å²) in [6.07, 6.45) is -3.00. The molecule has 1 amide bonds. The average molecular weight is 547 g/mol. The number of methoxy groups -OCH3 is 1. The van der Waals surface area contributed by atoms with Crippen LogP contribution in [0.25, 0.3) is 6.08 Å².